The summed E-state index contributed by atoms with van der Waals surface area (Å²) in [5, 5.41) is 3.16. The van der Waals surface area contributed by atoms with Gasteiger partial charge in [-0.2, -0.15) is 0 Å². The molecule has 1 unspecified atom stereocenters. The maximum Gasteiger partial charge on any atom is 0.225 e. The number of pyridine rings is 1. The van der Waals surface area contributed by atoms with Gasteiger partial charge in [0, 0.05) is 23.4 Å². The largest absolute Gasteiger partial charge is 0.495 e. The second kappa shape index (κ2) is 9.27. The van der Waals surface area contributed by atoms with Crippen molar-refractivity contribution in [2.45, 2.75) is 26.8 Å². The molecule has 1 aromatic heterocycles. The third-order valence-electron chi connectivity index (χ3n) is 5.56. The monoisotopic (exact) mass is 397 g/mol. The number of quaternary nitrogens is 1. The van der Waals surface area contributed by atoms with E-state index in [4.69, 9.17) is 4.74 Å². The Kier molecular flexibility index (Phi) is 6.75. The van der Waals surface area contributed by atoms with Crippen molar-refractivity contribution in [1.82, 2.24) is 10.3 Å². The van der Waals surface area contributed by atoms with Crippen molar-refractivity contribution in [2.75, 3.05) is 44.7 Å². The summed E-state index contributed by atoms with van der Waals surface area (Å²) in [6.07, 6.45) is 3.72. The Morgan fingerprint density at radius 1 is 1.21 bits per heavy atom. The number of amides is 1. The molecule has 0 spiro atoms. The number of benzene rings is 1. The zero-order chi connectivity index (χ0) is 20.9. The first kappa shape index (κ1) is 21.1. The minimum atomic E-state index is -0.391. The summed E-state index contributed by atoms with van der Waals surface area (Å²) in [7, 11) is 1.72. The molecule has 1 aromatic carbocycles. The van der Waals surface area contributed by atoms with Crippen LogP contribution in [0.4, 0.5) is 5.69 Å². The van der Waals surface area contributed by atoms with Gasteiger partial charge >= 0.3 is 0 Å². The molecular formula is C23H33N4O2+. The van der Waals surface area contributed by atoms with Crippen molar-refractivity contribution in [3.8, 4) is 5.75 Å². The van der Waals surface area contributed by atoms with Gasteiger partial charge in [0.2, 0.25) is 5.91 Å². The fraction of sp³-hybridized carbons (Fsp3) is 0.478. The lowest BCUT2D eigenvalue weighted by molar-refractivity contribution is -0.931. The van der Waals surface area contributed by atoms with Crippen LogP contribution >= 0.6 is 0 Å². The van der Waals surface area contributed by atoms with E-state index in [1.807, 2.05) is 45.2 Å². The third kappa shape index (κ3) is 5.26. The van der Waals surface area contributed by atoms with Gasteiger partial charge in [0.25, 0.3) is 0 Å². The van der Waals surface area contributed by atoms with Crippen molar-refractivity contribution in [1.29, 1.82) is 0 Å². The molecule has 1 amide bonds. The number of hydrogen-bond donors (Lipinski definition) is 2. The highest BCUT2D eigenvalue weighted by Crippen LogP contribution is 2.27. The second-order valence-electron chi connectivity index (χ2n) is 8.62. The van der Waals surface area contributed by atoms with Crippen LogP contribution in [0.3, 0.4) is 0 Å². The van der Waals surface area contributed by atoms with E-state index < -0.39 is 5.41 Å². The molecule has 0 bridgehead atoms. The summed E-state index contributed by atoms with van der Waals surface area (Å²) >= 11 is 0. The lowest BCUT2D eigenvalue weighted by Gasteiger charge is -2.38. The Labute approximate surface area is 173 Å². The molecule has 1 aliphatic rings. The molecule has 6 heteroatoms. The van der Waals surface area contributed by atoms with Crippen molar-refractivity contribution in [3.05, 3.63) is 54.4 Å². The van der Waals surface area contributed by atoms with Crippen LogP contribution in [0, 0.1) is 5.41 Å². The van der Waals surface area contributed by atoms with E-state index in [0.29, 0.717) is 6.54 Å². The third-order valence-corrected chi connectivity index (χ3v) is 5.56. The molecule has 0 aliphatic carbocycles. The molecule has 2 N–H and O–H groups in total. The van der Waals surface area contributed by atoms with Crippen LogP contribution in [-0.2, 0) is 4.79 Å². The van der Waals surface area contributed by atoms with Crippen molar-refractivity contribution in [3.63, 3.8) is 0 Å². The topological polar surface area (TPSA) is 58.9 Å². The lowest BCUT2D eigenvalue weighted by Crippen LogP contribution is -3.15. The van der Waals surface area contributed by atoms with Gasteiger partial charge in [-0.25, -0.2) is 0 Å². The molecule has 1 saturated heterocycles. The molecule has 1 fully saturated rings. The Bertz CT molecular complexity index is 796. The highest BCUT2D eigenvalue weighted by Gasteiger charge is 2.31. The molecule has 29 heavy (non-hydrogen) atoms. The van der Waals surface area contributed by atoms with Gasteiger partial charge in [0.05, 0.1) is 45.5 Å². The number of nitrogens with zero attached hydrogens (tertiary/aromatic N) is 2. The zero-order valence-corrected chi connectivity index (χ0v) is 17.9. The Hall–Kier alpha value is -2.60. The van der Waals surface area contributed by atoms with E-state index >= 15 is 0 Å². The van der Waals surface area contributed by atoms with Gasteiger partial charge in [-0.05, 0) is 24.3 Å². The number of rotatable bonds is 6. The zero-order valence-electron chi connectivity index (χ0n) is 17.9. The minimum Gasteiger partial charge on any atom is -0.495 e. The van der Waals surface area contributed by atoms with Gasteiger partial charge in [0.15, 0.2) is 0 Å². The van der Waals surface area contributed by atoms with Crippen molar-refractivity contribution < 1.29 is 14.4 Å². The molecule has 2 heterocycles. The number of ether oxygens (including phenoxy) is 1. The number of para-hydroxylation sites is 2. The fourth-order valence-corrected chi connectivity index (χ4v) is 3.81. The number of aromatic nitrogens is 1. The first-order valence-electron chi connectivity index (χ1n) is 10.3. The van der Waals surface area contributed by atoms with E-state index in [9.17, 15) is 4.79 Å². The molecule has 0 saturated carbocycles. The van der Waals surface area contributed by atoms with Crippen LogP contribution in [-0.4, -0.2) is 50.7 Å². The van der Waals surface area contributed by atoms with Gasteiger partial charge in [-0.3, -0.25) is 9.78 Å². The van der Waals surface area contributed by atoms with E-state index in [-0.39, 0.29) is 11.9 Å². The number of hydrogen-bond acceptors (Lipinski definition) is 4. The number of carbonyl (C=O) groups excluding carboxylic acids is 1. The molecule has 2 aromatic rings. The fourth-order valence-electron chi connectivity index (χ4n) is 3.81. The molecule has 6 nitrogen and oxygen atoms in total. The number of anilines is 1. The number of carbonyl (C=O) groups is 1. The summed E-state index contributed by atoms with van der Waals surface area (Å²) in [6.45, 7) is 10.3. The summed E-state index contributed by atoms with van der Waals surface area (Å²) in [6, 6.07) is 12.5. The van der Waals surface area contributed by atoms with Crippen molar-refractivity contribution in [2.24, 2.45) is 5.41 Å². The minimum absolute atomic E-state index is 0.0819. The number of nitrogens with one attached hydrogen (secondary N) is 2. The highest BCUT2D eigenvalue weighted by molar-refractivity contribution is 5.81. The molecular weight excluding hydrogens is 364 g/mol. The average Bonchev–Trinajstić information content (AvgIpc) is 2.74. The smallest absolute Gasteiger partial charge is 0.225 e. The van der Waals surface area contributed by atoms with Gasteiger partial charge < -0.3 is 19.9 Å². The SMILES string of the molecule is COc1ccccc1N1CC[NH+](C(CNC(=O)C(C)(C)C)c2cccnc2)CC1. The van der Waals surface area contributed by atoms with E-state index in [1.54, 1.807) is 13.3 Å². The Balaban J connectivity index is 1.70. The molecule has 3 rings (SSSR count). The Morgan fingerprint density at radius 2 is 1.93 bits per heavy atom. The number of piperazine rings is 1. The van der Waals surface area contributed by atoms with Crippen LogP contribution in [0.25, 0.3) is 0 Å². The summed E-state index contributed by atoms with van der Waals surface area (Å²) in [4.78, 5) is 20.6. The Morgan fingerprint density at radius 3 is 2.55 bits per heavy atom. The highest BCUT2D eigenvalue weighted by atomic mass is 16.5. The van der Waals surface area contributed by atoms with E-state index in [1.165, 1.54) is 10.5 Å². The predicted octanol–water partition coefficient (Wildman–Crippen LogP) is 1.70. The number of methoxy groups -OCH3 is 1. The standard InChI is InChI=1S/C23H32N4O2/c1-23(2,3)22(28)25-17-20(18-8-7-11-24-16-18)27-14-12-26(13-15-27)19-9-5-6-10-21(19)29-4/h5-11,16,20H,12-15,17H2,1-4H3,(H,25,28)/p+1. The first-order chi connectivity index (χ1) is 13.9. The van der Waals surface area contributed by atoms with Crippen LogP contribution in [0.15, 0.2) is 48.8 Å². The van der Waals surface area contributed by atoms with Gasteiger partial charge in [-0.1, -0.05) is 32.9 Å². The maximum absolute atomic E-state index is 12.4. The summed E-state index contributed by atoms with van der Waals surface area (Å²) in [5.74, 6) is 0.996. The second-order valence-corrected chi connectivity index (χ2v) is 8.62. The maximum atomic E-state index is 12.4. The van der Waals surface area contributed by atoms with Gasteiger partial charge in [-0.15, -0.1) is 0 Å². The average molecular weight is 398 g/mol. The van der Waals surface area contributed by atoms with Crippen molar-refractivity contribution >= 4 is 11.6 Å². The van der Waals surface area contributed by atoms with Crippen LogP contribution < -0.4 is 19.9 Å². The summed E-state index contributed by atoms with van der Waals surface area (Å²) < 4.78 is 5.53. The molecule has 1 atom stereocenters. The van der Waals surface area contributed by atoms with Crippen LogP contribution in [0.5, 0.6) is 5.75 Å². The predicted molar refractivity (Wildman–Crippen MR) is 115 cm³/mol. The van der Waals surface area contributed by atoms with Crippen LogP contribution in [0.2, 0.25) is 0 Å². The quantitative estimate of drug-likeness (QED) is 0.779. The van der Waals surface area contributed by atoms with Crippen LogP contribution in [0.1, 0.15) is 32.4 Å². The van der Waals surface area contributed by atoms with E-state index in [2.05, 4.69) is 33.4 Å². The summed E-state index contributed by atoms with van der Waals surface area (Å²) in [5.41, 5.74) is 1.92. The molecule has 156 valence electrons. The normalized spacial score (nSPS) is 16.3. The first-order valence-corrected chi connectivity index (χ1v) is 10.3. The lowest BCUT2D eigenvalue weighted by atomic mass is 9.95. The molecule has 0 radical (unpaired) electrons. The molecule has 1 aliphatic heterocycles. The van der Waals surface area contributed by atoms with Gasteiger partial charge in [0.1, 0.15) is 11.8 Å². The van der Waals surface area contributed by atoms with E-state index in [0.717, 1.165) is 37.6 Å².